The van der Waals surface area contributed by atoms with Gasteiger partial charge in [-0.05, 0) is 51.8 Å². The van der Waals surface area contributed by atoms with Crippen molar-refractivity contribution >= 4 is 33.6 Å². The number of ether oxygens (including phenoxy) is 1. The number of benzene rings is 2. The van der Waals surface area contributed by atoms with Gasteiger partial charge in [0, 0.05) is 0 Å². The van der Waals surface area contributed by atoms with E-state index in [1.54, 1.807) is 24.3 Å². The smallest absolute Gasteiger partial charge is 0.266 e. The Kier molecular flexibility index (Phi) is 5.50. The normalized spacial score (nSPS) is 10.8. The maximum Gasteiger partial charge on any atom is 0.266 e. The number of hydrogen-bond donors (Lipinski definition) is 1. The Hall–Kier alpha value is -2.65. The van der Waals surface area contributed by atoms with E-state index < -0.39 is 11.7 Å². The number of hydrogen-bond acceptors (Lipinski definition) is 3. The fraction of sp³-hybridized carbons (Fsp3) is 0.0588. The molecule has 1 amide bonds. The molecule has 0 aromatic heterocycles. The van der Waals surface area contributed by atoms with Crippen LogP contribution in [-0.2, 0) is 4.79 Å². The number of methoxy groups -OCH3 is 1. The standard InChI is InChI=1S/C17H12BrFN2O2/c1-23-16-5-3-2-4-15(16)21-17(22)12(10-20)8-11-6-7-14(19)13(18)9-11/h2-9H,1H3,(H,21,22)/b12-8+. The second kappa shape index (κ2) is 7.56. The Morgan fingerprint density at radius 3 is 2.74 bits per heavy atom. The summed E-state index contributed by atoms with van der Waals surface area (Å²) >= 11 is 3.06. The molecule has 116 valence electrons. The average molecular weight is 375 g/mol. The summed E-state index contributed by atoms with van der Waals surface area (Å²) in [5.74, 6) is -0.501. The molecular weight excluding hydrogens is 363 g/mol. The molecule has 0 aliphatic heterocycles. The minimum absolute atomic E-state index is 0.102. The molecule has 23 heavy (non-hydrogen) atoms. The molecule has 0 spiro atoms. The molecule has 4 nitrogen and oxygen atoms in total. The van der Waals surface area contributed by atoms with Crippen LogP contribution in [0.2, 0.25) is 0 Å². The van der Waals surface area contributed by atoms with Crippen molar-refractivity contribution in [3.05, 3.63) is 63.9 Å². The first kappa shape index (κ1) is 16.7. The molecule has 0 heterocycles. The quantitative estimate of drug-likeness (QED) is 0.645. The Morgan fingerprint density at radius 2 is 2.09 bits per heavy atom. The predicted molar refractivity (Wildman–Crippen MR) is 89.3 cm³/mol. The van der Waals surface area contributed by atoms with Crippen molar-refractivity contribution in [2.45, 2.75) is 0 Å². The van der Waals surface area contributed by atoms with Crippen LogP contribution in [0.4, 0.5) is 10.1 Å². The maximum absolute atomic E-state index is 13.2. The van der Waals surface area contributed by atoms with Crippen LogP contribution in [0.1, 0.15) is 5.56 Å². The van der Waals surface area contributed by atoms with Crippen molar-refractivity contribution in [1.82, 2.24) is 0 Å². The second-order valence-corrected chi connectivity index (χ2v) is 5.35. The van der Waals surface area contributed by atoms with E-state index in [0.717, 1.165) is 0 Å². The number of nitrogens with one attached hydrogen (secondary N) is 1. The minimum Gasteiger partial charge on any atom is -0.495 e. The lowest BCUT2D eigenvalue weighted by Crippen LogP contribution is -2.14. The van der Waals surface area contributed by atoms with E-state index in [0.29, 0.717) is 17.0 Å². The average Bonchev–Trinajstić information content (AvgIpc) is 2.56. The number of para-hydroxylation sites is 2. The number of carbonyl (C=O) groups excluding carboxylic acids is 1. The predicted octanol–water partition coefficient (Wildman–Crippen LogP) is 4.14. The van der Waals surface area contributed by atoms with Gasteiger partial charge in [-0.2, -0.15) is 5.26 Å². The highest BCUT2D eigenvalue weighted by Crippen LogP contribution is 2.24. The van der Waals surface area contributed by atoms with E-state index in [4.69, 9.17) is 4.74 Å². The Bertz CT molecular complexity index is 812. The summed E-state index contributed by atoms with van der Waals surface area (Å²) in [6, 6.07) is 12.9. The van der Waals surface area contributed by atoms with Gasteiger partial charge in [-0.15, -0.1) is 0 Å². The molecule has 0 fully saturated rings. The number of rotatable bonds is 4. The van der Waals surface area contributed by atoms with Crippen LogP contribution in [-0.4, -0.2) is 13.0 Å². The molecule has 2 rings (SSSR count). The number of amides is 1. The van der Waals surface area contributed by atoms with Gasteiger partial charge in [0.1, 0.15) is 23.2 Å². The van der Waals surface area contributed by atoms with Gasteiger partial charge in [0.15, 0.2) is 0 Å². The topological polar surface area (TPSA) is 62.1 Å². The van der Waals surface area contributed by atoms with Crippen molar-refractivity contribution in [3.63, 3.8) is 0 Å². The molecule has 0 bridgehead atoms. The molecule has 0 atom stereocenters. The highest BCUT2D eigenvalue weighted by atomic mass is 79.9. The Balaban J connectivity index is 2.26. The summed E-state index contributed by atoms with van der Waals surface area (Å²) < 4.78 is 18.6. The zero-order chi connectivity index (χ0) is 16.8. The zero-order valence-electron chi connectivity index (χ0n) is 12.1. The molecule has 2 aromatic carbocycles. The Labute approximate surface area is 141 Å². The van der Waals surface area contributed by atoms with Crippen molar-refractivity contribution in [2.75, 3.05) is 12.4 Å². The van der Waals surface area contributed by atoms with Crippen LogP contribution in [0.3, 0.4) is 0 Å². The number of nitrogens with zero attached hydrogens (tertiary/aromatic N) is 1. The lowest BCUT2D eigenvalue weighted by atomic mass is 10.1. The molecule has 0 aliphatic carbocycles. The van der Waals surface area contributed by atoms with Gasteiger partial charge >= 0.3 is 0 Å². The lowest BCUT2D eigenvalue weighted by molar-refractivity contribution is -0.112. The number of carbonyl (C=O) groups is 1. The second-order valence-electron chi connectivity index (χ2n) is 4.50. The first-order chi connectivity index (χ1) is 11.0. The van der Waals surface area contributed by atoms with Gasteiger partial charge in [-0.1, -0.05) is 18.2 Å². The number of halogens is 2. The summed E-state index contributed by atoms with van der Waals surface area (Å²) in [6.07, 6.45) is 1.38. The highest BCUT2D eigenvalue weighted by molar-refractivity contribution is 9.10. The maximum atomic E-state index is 13.2. The van der Waals surface area contributed by atoms with Gasteiger partial charge in [0.05, 0.1) is 17.3 Å². The molecular formula is C17H12BrFN2O2. The summed E-state index contributed by atoms with van der Waals surface area (Å²) in [5.41, 5.74) is 0.890. The molecule has 0 unspecified atom stereocenters. The molecule has 6 heteroatoms. The van der Waals surface area contributed by atoms with E-state index in [1.807, 2.05) is 6.07 Å². The van der Waals surface area contributed by atoms with Gasteiger partial charge in [0.25, 0.3) is 5.91 Å². The lowest BCUT2D eigenvalue weighted by Gasteiger charge is -2.09. The van der Waals surface area contributed by atoms with E-state index >= 15 is 0 Å². The van der Waals surface area contributed by atoms with Gasteiger partial charge in [-0.25, -0.2) is 4.39 Å². The third-order valence-corrected chi connectivity index (χ3v) is 3.58. The van der Waals surface area contributed by atoms with Crippen LogP contribution in [0, 0.1) is 17.1 Å². The molecule has 2 aromatic rings. The minimum atomic E-state index is -0.572. The summed E-state index contributed by atoms with van der Waals surface area (Å²) in [7, 11) is 1.49. The van der Waals surface area contributed by atoms with E-state index in [1.165, 1.54) is 31.4 Å². The highest BCUT2D eigenvalue weighted by Gasteiger charge is 2.12. The molecule has 0 aliphatic rings. The monoisotopic (exact) mass is 374 g/mol. The molecule has 0 saturated carbocycles. The van der Waals surface area contributed by atoms with E-state index in [2.05, 4.69) is 21.2 Å². The first-order valence-electron chi connectivity index (χ1n) is 6.56. The fourth-order valence-corrected chi connectivity index (χ4v) is 2.25. The van der Waals surface area contributed by atoms with Crippen LogP contribution in [0.15, 0.2) is 52.5 Å². The van der Waals surface area contributed by atoms with Crippen LogP contribution < -0.4 is 10.1 Å². The van der Waals surface area contributed by atoms with Gasteiger partial charge in [0.2, 0.25) is 0 Å². The van der Waals surface area contributed by atoms with Crippen molar-refractivity contribution in [3.8, 4) is 11.8 Å². The largest absolute Gasteiger partial charge is 0.495 e. The summed E-state index contributed by atoms with van der Waals surface area (Å²) in [6.45, 7) is 0. The van der Waals surface area contributed by atoms with Crippen LogP contribution in [0.5, 0.6) is 5.75 Å². The van der Waals surface area contributed by atoms with E-state index in [9.17, 15) is 14.4 Å². The van der Waals surface area contributed by atoms with Crippen LogP contribution in [0.25, 0.3) is 6.08 Å². The van der Waals surface area contributed by atoms with Gasteiger partial charge in [-0.3, -0.25) is 4.79 Å². The SMILES string of the molecule is COc1ccccc1NC(=O)/C(C#N)=C/c1ccc(F)c(Br)c1. The fourth-order valence-electron chi connectivity index (χ4n) is 1.85. The Morgan fingerprint density at radius 1 is 1.35 bits per heavy atom. The van der Waals surface area contributed by atoms with Crippen molar-refractivity contribution in [2.24, 2.45) is 0 Å². The van der Waals surface area contributed by atoms with Crippen molar-refractivity contribution in [1.29, 1.82) is 5.26 Å². The van der Waals surface area contributed by atoms with Crippen molar-refractivity contribution < 1.29 is 13.9 Å². The van der Waals surface area contributed by atoms with E-state index in [-0.39, 0.29) is 10.0 Å². The molecule has 0 radical (unpaired) electrons. The first-order valence-corrected chi connectivity index (χ1v) is 7.35. The molecule has 1 N–H and O–H groups in total. The summed E-state index contributed by atoms with van der Waals surface area (Å²) in [4.78, 5) is 12.2. The third kappa shape index (κ3) is 4.18. The van der Waals surface area contributed by atoms with Crippen LogP contribution >= 0.6 is 15.9 Å². The third-order valence-electron chi connectivity index (χ3n) is 2.97. The summed E-state index contributed by atoms with van der Waals surface area (Å²) in [5, 5.41) is 11.8. The number of nitriles is 1. The number of anilines is 1. The molecule has 0 saturated heterocycles. The zero-order valence-corrected chi connectivity index (χ0v) is 13.7. The van der Waals surface area contributed by atoms with Gasteiger partial charge < -0.3 is 10.1 Å².